The Hall–Kier alpha value is -1.43. The molecule has 1 amide bonds. The van der Waals surface area contributed by atoms with Crippen molar-refractivity contribution in [2.24, 2.45) is 0 Å². The molecule has 2 heterocycles. The predicted octanol–water partition coefficient (Wildman–Crippen LogP) is 1.96. The number of aryl methyl sites for hydroxylation is 1. The minimum Gasteiger partial charge on any atom is -0.395 e. The predicted molar refractivity (Wildman–Crippen MR) is 86.0 cm³/mol. The zero-order chi connectivity index (χ0) is 14.8. The first-order valence-corrected chi connectivity index (χ1v) is 8.13. The minimum atomic E-state index is 0.150. The molecule has 1 aromatic heterocycles. The number of rotatable bonds is 3. The summed E-state index contributed by atoms with van der Waals surface area (Å²) in [5, 5.41) is 10.2. The number of nitrogens with zero attached hydrogens (tertiary/aromatic N) is 2. The molecule has 1 aliphatic heterocycles. The fraction of sp³-hybridized carbons (Fsp3) is 0.438. The molecule has 0 radical (unpaired) electrons. The van der Waals surface area contributed by atoms with E-state index in [0.717, 1.165) is 36.6 Å². The highest BCUT2D eigenvalue weighted by Crippen LogP contribution is 2.31. The Kier molecular flexibility index (Phi) is 4.24. The molecule has 1 saturated heterocycles. The molecular formula is C16H20N2O2S. The molecule has 0 aliphatic carbocycles. The van der Waals surface area contributed by atoms with Crippen molar-refractivity contribution in [1.82, 2.24) is 9.80 Å². The topological polar surface area (TPSA) is 43.8 Å². The summed E-state index contributed by atoms with van der Waals surface area (Å²) in [4.78, 5) is 17.7. The number of hydrogen-bond acceptors (Lipinski definition) is 4. The van der Waals surface area contributed by atoms with Gasteiger partial charge in [-0.2, -0.15) is 0 Å². The Balaban J connectivity index is 1.77. The average molecular weight is 304 g/mol. The zero-order valence-electron chi connectivity index (χ0n) is 12.2. The van der Waals surface area contributed by atoms with Gasteiger partial charge in [0.25, 0.3) is 5.91 Å². The van der Waals surface area contributed by atoms with Gasteiger partial charge in [-0.3, -0.25) is 9.69 Å². The van der Waals surface area contributed by atoms with Gasteiger partial charge in [0.05, 0.1) is 11.5 Å². The van der Waals surface area contributed by atoms with Crippen LogP contribution in [0.25, 0.3) is 10.1 Å². The number of aliphatic hydroxyl groups is 1. The van der Waals surface area contributed by atoms with E-state index in [1.54, 1.807) is 11.3 Å². The van der Waals surface area contributed by atoms with Crippen molar-refractivity contribution in [2.75, 3.05) is 39.3 Å². The Morgan fingerprint density at radius 1 is 1.24 bits per heavy atom. The summed E-state index contributed by atoms with van der Waals surface area (Å²) < 4.78 is 1.18. The van der Waals surface area contributed by atoms with E-state index >= 15 is 0 Å². The van der Waals surface area contributed by atoms with Crippen molar-refractivity contribution >= 4 is 27.3 Å². The molecule has 1 N–H and O–H groups in total. The largest absolute Gasteiger partial charge is 0.395 e. The van der Waals surface area contributed by atoms with Gasteiger partial charge in [0.1, 0.15) is 0 Å². The monoisotopic (exact) mass is 304 g/mol. The van der Waals surface area contributed by atoms with Crippen LogP contribution in [0.1, 0.15) is 15.2 Å². The fourth-order valence-electron chi connectivity index (χ4n) is 2.84. The van der Waals surface area contributed by atoms with Crippen LogP contribution < -0.4 is 0 Å². The van der Waals surface area contributed by atoms with Crippen LogP contribution in [0.3, 0.4) is 0 Å². The molecule has 1 aromatic carbocycles. The second kappa shape index (κ2) is 6.13. The van der Waals surface area contributed by atoms with E-state index in [4.69, 9.17) is 5.11 Å². The highest BCUT2D eigenvalue weighted by molar-refractivity contribution is 7.21. The molecule has 5 heteroatoms. The third kappa shape index (κ3) is 2.81. The summed E-state index contributed by atoms with van der Waals surface area (Å²) in [6.45, 7) is 6.09. The summed E-state index contributed by atoms with van der Waals surface area (Å²) in [6, 6.07) is 8.18. The highest BCUT2D eigenvalue weighted by Gasteiger charge is 2.24. The number of hydrogen-bond donors (Lipinski definition) is 1. The summed E-state index contributed by atoms with van der Waals surface area (Å²) in [5.41, 5.74) is 1.10. The van der Waals surface area contributed by atoms with Crippen molar-refractivity contribution < 1.29 is 9.90 Å². The van der Waals surface area contributed by atoms with Crippen LogP contribution in [-0.2, 0) is 0 Å². The van der Waals surface area contributed by atoms with E-state index in [1.165, 1.54) is 10.1 Å². The van der Waals surface area contributed by atoms with Crippen LogP contribution in [0.2, 0.25) is 0 Å². The molecular weight excluding hydrogens is 284 g/mol. The first kappa shape index (κ1) is 14.5. The number of β-amino-alcohol motifs (C(OH)–C–C–N with tert-alkyl or cyclic N) is 1. The van der Waals surface area contributed by atoms with Crippen LogP contribution in [0.4, 0.5) is 0 Å². The van der Waals surface area contributed by atoms with Gasteiger partial charge < -0.3 is 10.0 Å². The molecule has 112 valence electrons. The summed E-state index contributed by atoms with van der Waals surface area (Å²) in [6.07, 6.45) is 0. The van der Waals surface area contributed by atoms with Crippen LogP contribution in [0.5, 0.6) is 0 Å². The first-order valence-electron chi connectivity index (χ1n) is 7.31. The molecule has 3 rings (SSSR count). The lowest BCUT2D eigenvalue weighted by atomic mass is 10.1. The van der Waals surface area contributed by atoms with Gasteiger partial charge in [-0.05, 0) is 23.9 Å². The second-order valence-electron chi connectivity index (χ2n) is 5.41. The number of carbonyl (C=O) groups is 1. The number of fused-ring (bicyclic) bond motifs is 1. The lowest BCUT2D eigenvalue weighted by molar-refractivity contribution is 0.0619. The summed E-state index contributed by atoms with van der Waals surface area (Å²) in [5.74, 6) is 0.150. The highest BCUT2D eigenvalue weighted by atomic mass is 32.1. The van der Waals surface area contributed by atoms with Crippen LogP contribution >= 0.6 is 11.3 Å². The standard InChI is InChI=1S/C16H20N2O2S/c1-12-13-4-2-3-5-14(13)21-15(12)16(20)18-8-6-17(7-9-18)10-11-19/h2-5,19H,6-11H2,1H3. The SMILES string of the molecule is Cc1c(C(=O)N2CCN(CCO)CC2)sc2ccccc12. The molecule has 0 unspecified atom stereocenters. The van der Waals surface area contributed by atoms with Gasteiger partial charge in [0.15, 0.2) is 0 Å². The number of thiophene rings is 1. The third-order valence-corrected chi connectivity index (χ3v) is 5.37. The van der Waals surface area contributed by atoms with Crippen molar-refractivity contribution in [1.29, 1.82) is 0 Å². The maximum absolute atomic E-state index is 12.7. The number of amides is 1. The Labute approximate surface area is 128 Å². The first-order chi connectivity index (χ1) is 10.2. The normalized spacial score (nSPS) is 16.6. The van der Waals surface area contributed by atoms with Gasteiger partial charge in [-0.15, -0.1) is 11.3 Å². The van der Waals surface area contributed by atoms with E-state index in [-0.39, 0.29) is 12.5 Å². The summed E-state index contributed by atoms with van der Waals surface area (Å²) >= 11 is 1.59. The van der Waals surface area contributed by atoms with Gasteiger partial charge in [0, 0.05) is 37.4 Å². The smallest absolute Gasteiger partial charge is 0.264 e. The van der Waals surface area contributed by atoms with Crippen molar-refractivity contribution in [3.8, 4) is 0 Å². The minimum absolute atomic E-state index is 0.150. The maximum Gasteiger partial charge on any atom is 0.264 e. The third-order valence-electron chi connectivity index (χ3n) is 4.11. The number of aliphatic hydroxyl groups excluding tert-OH is 1. The van der Waals surface area contributed by atoms with E-state index < -0.39 is 0 Å². The van der Waals surface area contributed by atoms with Crippen molar-refractivity contribution in [3.05, 3.63) is 34.7 Å². The van der Waals surface area contributed by atoms with E-state index in [2.05, 4.69) is 17.0 Å². The van der Waals surface area contributed by atoms with Gasteiger partial charge in [-0.25, -0.2) is 0 Å². The van der Waals surface area contributed by atoms with Gasteiger partial charge in [0.2, 0.25) is 0 Å². The molecule has 0 atom stereocenters. The van der Waals surface area contributed by atoms with Gasteiger partial charge in [-0.1, -0.05) is 18.2 Å². The summed E-state index contributed by atoms with van der Waals surface area (Å²) in [7, 11) is 0. The molecule has 0 bridgehead atoms. The van der Waals surface area contributed by atoms with Crippen LogP contribution in [0, 0.1) is 6.92 Å². The molecule has 1 fully saturated rings. The lowest BCUT2D eigenvalue weighted by Gasteiger charge is -2.34. The maximum atomic E-state index is 12.7. The molecule has 4 nitrogen and oxygen atoms in total. The Bertz CT molecular complexity index is 645. The number of benzene rings is 1. The van der Waals surface area contributed by atoms with Crippen molar-refractivity contribution in [2.45, 2.75) is 6.92 Å². The van der Waals surface area contributed by atoms with E-state index in [0.29, 0.717) is 6.54 Å². The molecule has 21 heavy (non-hydrogen) atoms. The molecule has 0 saturated carbocycles. The number of carbonyl (C=O) groups excluding carboxylic acids is 1. The number of piperazine rings is 1. The van der Waals surface area contributed by atoms with Crippen LogP contribution in [0.15, 0.2) is 24.3 Å². The zero-order valence-corrected chi connectivity index (χ0v) is 13.0. The molecule has 1 aliphatic rings. The average Bonchev–Trinajstić information content (AvgIpc) is 2.85. The molecule has 2 aromatic rings. The van der Waals surface area contributed by atoms with E-state index in [1.807, 2.05) is 24.0 Å². The fourth-order valence-corrected chi connectivity index (χ4v) is 4.01. The van der Waals surface area contributed by atoms with Crippen LogP contribution in [-0.4, -0.2) is 60.1 Å². The molecule has 0 spiro atoms. The Morgan fingerprint density at radius 2 is 1.95 bits per heavy atom. The quantitative estimate of drug-likeness (QED) is 0.943. The van der Waals surface area contributed by atoms with Crippen molar-refractivity contribution in [3.63, 3.8) is 0 Å². The van der Waals surface area contributed by atoms with Gasteiger partial charge >= 0.3 is 0 Å². The second-order valence-corrected chi connectivity index (χ2v) is 6.46. The Morgan fingerprint density at radius 3 is 2.62 bits per heavy atom. The lowest BCUT2D eigenvalue weighted by Crippen LogP contribution is -2.49. The van der Waals surface area contributed by atoms with E-state index in [9.17, 15) is 4.79 Å².